The molecule has 12 heavy (non-hydrogen) atoms. The average molecular weight is 195 g/mol. The third-order valence-corrected chi connectivity index (χ3v) is 2.32. The first-order valence-corrected chi connectivity index (χ1v) is 5.63. The zero-order valence-corrected chi connectivity index (χ0v) is 8.08. The standard InChI is InChI=1S/C8H17FO2S/c9-7-5-3-1-2-4-6-8-12(10)11/h1-8H2,(H,10,11)/p-1. The fourth-order valence-electron chi connectivity index (χ4n) is 1.02. The van der Waals surface area contributed by atoms with E-state index in [1.807, 2.05) is 0 Å². The molecule has 0 aliphatic carbocycles. The molecule has 0 radical (unpaired) electrons. The van der Waals surface area contributed by atoms with Gasteiger partial charge in [-0.15, -0.1) is 0 Å². The Bertz CT molecular complexity index is 120. The summed E-state index contributed by atoms with van der Waals surface area (Å²) >= 11 is -1.88. The quantitative estimate of drug-likeness (QED) is 0.440. The SMILES string of the molecule is O=S([O-])CCCCCCCCF. The molecule has 0 rings (SSSR count). The highest BCUT2D eigenvalue weighted by atomic mass is 32.2. The number of halogens is 1. The van der Waals surface area contributed by atoms with E-state index in [1.165, 1.54) is 0 Å². The summed E-state index contributed by atoms with van der Waals surface area (Å²) < 4.78 is 31.8. The maximum absolute atomic E-state index is 11.6. The zero-order chi connectivity index (χ0) is 9.23. The van der Waals surface area contributed by atoms with Gasteiger partial charge >= 0.3 is 0 Å². The number of hydrogen-bond acceptors (Lipinski definition) is 2. The van der Waals surface area contributed by atoms with Gasteiger partial charge in [0.1, 0.15) is 0 Å². The van der Waals surface area contributed by atoms with E-state index in [0.717, 1.165) is 32.1 Å². The lowest BCUT2D eigenvalue weighted by Crippen LogP contribution is -1.94. The first-order chi connectivity index (χ1) is 5.77. The summed E-state index contributed by atoms with van der Waals surface area (Å²) in [4.78, 5) is 0. The van der Waals surface area contributed by atoms with Crippen LogP contribution >= 0.6 is 0 Å². The van der Waals surface area contributed by atoms with E-state index in [9.17, 15) is 13.2 Å². The van der Waals surface area contributed by atoms with Crippen LogP contribution in [0.2, 0.25) is 0 Å². The Balaban J connectivity index is 2.86. The van der Waals surface area contributed by atoms with Crippen LogP contribution in [0, 0.1) is 0 Å². The smallest absolute Gasteiger partial charge is 0.0894 e. The molecule has 0 aliphatic rings. The largest absolute Gasteiger partial charge is 0.772 e. The van der Waals surface area contributed by atoms with Gasteiger partial charge < -0.3 is 4.55 Å². The molecule has 0 bridgehead atoms. The van der Waals surface area contributed by atoms with Gasteiger partial charge in [-0.3, -0.25) is 8.60 Å². The Labute approximate surface area is 75.8 Å². The minimum absolute atomic E-state index is 0.232. The second-order valence-electron chi connectivity index (χ2n) is 2.82. The predicted octanol–water partition coefficient (Wildman–Crippen LogP) is 2.18. The molecule has 0 saturated heterocycles. The summed E-state index contributed by atoms with van der Waals surface area (Å²) in [6.07, 6.45) is 5.31. The lowest BCUT2D eigenvalue weighted by atomic mass is 10.1. The van der Waals surface area contributed by atoms with E-state index in [4.69, 9.17) is 0 Å². The lowest BCUT2D eigenvalue weighted by molar-refractivity contribution is 0.451. The molecule has 2 nitrogen and oxygen atoms in total. The fourth-order valence-corrected chi connectivity index (χ4v) is 1.46. The van der Waals surface area contributed by atoms with Crippen LogP contribution in [-0.4, -0.2) is 21.2 Å². The summed E-state index contributed by atoms with van der Waals surface area (Å²) in [7, 11) is 0. The van der Waals surface area contributed by atoms with Crippen molar-refractivity contribution in [3.05, 3.63) is 0 Å². The van der Waals surface area contributed by atoms with Crippen molar-refractivity contribution < 1.29 is 13.2 Å². The van der Waals surface area contributed by atoms with Crippen molar-refractivity contribution in [2.45, 2.75) is 38.5 Å². The van der Waals surface area contributed by atoms with E-state index in [2.05, 4.69) is 0 Å². The third-order valence-electron chi connectivity index (χ3n) is 1.69. The van der Waals surface area contributed by atoms with Crippen LogP contribution in [0.15, 0.2) is 0 Å². The molecule has 0 saturated carbocycles. The van der Waals surface area contributed by atoms with Crippen molar-refractivity contribution in [1.82, 2.24) is 0 Å². The van der Waals surface area contributed by atoms with Crippen molar-refractivity contribution in [3.8, 4) is 0 Å². The Morgan fingerprint density at radius 3 is 2.00 bits per heavy atom. The molecule has 0 fully saturated rings. The second-order valence-corrected chi connectivity index (χ2v) is 3.83. The van der Waals surface area contributed by atoms with E-state index < -0.39 is 11.1 Å². The van der Waals surface area contributed by atoms with Crippen LogP contribution in [0.4, 0.5) is 4.39 Å². The average Bonchev–Trinajstić information content (AvgIpc) is 2.02. The molecule has 0 spiro atoms. The van der Waals surface area contributed by atoms with Crippen molar-refractivity contribution in [2.75, 3.05) is 12.4 Å². The normalized spacial score (nSPS) is 13.2. The van der Waals surface area contributed by atoms with E-state index in [-0.39, 0.29) is 12.4 Å². The molecule has 0 heterocycles. The highest BCUT2D eigenvalue weighted by Crippen LogP contribution is 2.05. The summed E-state index contributed by atoms with van der Waals surface area (Å²) in [5.74, 6) is 0.267. The minimum Gasteiger partial charge on any atom is -0.772 e. The maximum Gasteiger partial charge on any atom is 0.0894 e. The number of alkyl halides is 1. The van der Waals surface area contributed by atoms with Crippen LogP contribution in [0.5, 0.6) is 0 Å². The van der Waals surface area contributed by atoms with Crippen molar-refractivity contribution in [3.63, 3.8) is 0 Å². The van der Waals surface area contributed by atoms with Gasteiger partial charge in [-0.2, -0.15) is 0 Å². The highest BCUT2D eigenvalue weighted by molar-refractivity contribution is 7.79. The second kappa shape index (κ2) is 9.13. The van der Waals surface area contributed by atoms with Crippen molar-refractivity contribution in [2.24, 2.45) is 0 Å². The van der Waals surface area contributed by atoms with Crippen molar-refractivity contribution in [1.29, 1.82) is 0 Å². The monoisotopic (exact) mass is 195 g/mol. The first-order valence-electron chi connectivity index (χ1n) is 4.39. The molecule has 0 aromatic rings. The molecule has 0 aromatic heterocycles. The van der Waals surface area contributed by atoms with E-state index in [1.54, 1.807) is 0 Å². The summed E-state index contributed by atoms with van der Waals surface area (Å²) in [6, 6.07) is 0. The van der Waals surface area contributed by atoms with Crippen LogP contribution in [0.3, 0.4) is 0 Å². The van der Waals surface area contributed by atoms with Gasteiger partial charge in [0.25, 0.3) is 0 Å². The summed E-state index contributed by atoms with van der Waals surface area (Å²) in [5, 5.41) is 0. The van der Waals surface area contributed by atoms with Crippen LogP contribution in [0.25, 0.3) is 0 Å². The summed E-state index contributed by atoms with van der Waals surface area (Å²) in [6.45, 7) is -0.232. The van der Waals surface area contributed by atoms with Crippen LogP contribution < -0.4 is 0 Å². The molecular formula is C8H16FO2S-. The zero-order valence-electron chi connectivity index (χ0n) is 7.26. The van der Waals surface area contributed by atoms with E-state index in [0.29, 0.717) is 6.42 Å². The molecule has 74 valence electrons. The molecule has 0 aromatic carbocycles. The number of unbranched alkanes of at least 4 members (excludes halogenated alkanes) is 5. The molecule has 1 atom stereocenters. The first kappa shape index (κ1) is 12.0. The Kier molecular flexibility index (Phi) is 9.16. The van der Waals surface area contributed by atoms with Gasteiger partial charge in [0, 0.05) is 5.75 Å². The van der Waals surface area contributed by atoms with E-state index >= 15 is 0 Å². The molecule has 0 N–H and O–H groups in total. The Hall–Kier alpha value is 0.0400. The van der Waals surface area contributed by atoms with Gasteiger partial charge in [0.05, 0.1) is 6.67 Å². The number of rotatable bonds is 8. The van der Waals surface area contributed by atoms with Gasteiger partial charge in [-0.1, -0.05) is 36.8 Å². The van der Waals surface area contributed by atoms with Crippen LogP contribution in [0.1, 0.15) is 38.5 Å². The fraction of sp³-hybridized carbons (Fsp3) is 1.00. The highest BCUT2D eigenvalue weighted by Gasteiger charge is 1.90. The maximum atomic E-state index is 11.6. The molecule has 4 heteroatoms. The van der Waals surface area contributed by atoms with Gasteiger partial charge in [-0.25, -0.2) is 0 Å². The van der Waals surface area contributed by atoms with Gasteiger partial charge in [0.2, 0.25) is 0 Å². The molecule has 0 amide bonds. The topological polar surface area (TPSA) is 40.1 Å². The molecule has 1 unspecified atom stereocenters. The minimum atomic E-state index is -1.88. The van der Waals surface area contributed by atoms with Crippen LogP contribution in [-0.2, 0) is 11.1 Å². The Morgan fingerprint density at radius 1 is 1.00 bits per heavy atom. The third kappa shape index (κ3) is 10.0. The molecular weight excluding hydrogens is 179 g/mol. The summed E-state index contributed by atoms with van der Waals surface area (Å²) in [5.41, 5.74) is 0. The lowest BCUT2D eigenvalue weighted by Gasteiger charge is -2.03. The van der Waals surface area contributed by atoms with Crippen molar-refractivity contribution >= 4 is 11.1 Å². The predicted molar refractivity (Wildman–Crippen MR) is 47.5 cm³/mol. The van der Waals surface area contributed by atoms with Gasteiger partial charge in [0.15, 0.2) is 0 Å². The number of hydrogen-bond donors (Lipinski definition) is 0. The molecule has 0 aliphatic heterocycles. The Morgan fingerprint density at radius 2 is 1.50 bits per heavy atom. The van der Waals surface area contributed by atoms with Gasteiger partial charge in [-0.05, 0) is 12.8 Å².